The number of pyridine rings is 1. The Kier molecular flexibility index (Phi) is 4.21. The van der Waals surface area contributed by atoms with Crippen LogP contribution in [0, 0.1) is 0 Å². The van der Waals surface area contributed by atoms with Gasteiger partial charge >= 0.3 is 0 Å². The molecule has 0 aliphatic carbocycles. The fourth-order valence-electron chi connectivity index (χ4n) is 2.83. The van der Waals surface area contributed by atoms with E-state index < -0.39 is 0 Å². The molecular formula is C16H18N8O. The predicted octanol–water partition coefficient (Wildman–Crippen LogP) is 1.04. The minimum atomic E-state index is -0.294. The Morgan fingerprint density at radius 3 is 2.88 bits per heavy atom. The number of nitrogens with zero attached hydrogens (tertiary/aromatic N) is 6. The van der Waals surface area contributed by atoms with Crippen LogP contribution in [-0.2, 0) is 0 Å². The highest BCUT2D eigenvalue weighted by molar-refractivity contribution is 6.02. The average Bonchev–Trinajstić information content (AvgIpc) is 3.35. The molecule has 0 radical (unpaired) electrons. The summed E-state index contributed by atoms with van der Waals surface area (Å²) in [5.74, 6) is 0.435. The van der Waals surface area contributed by atoms with Crippen LogP contribution < -0.4 is 10.6 Å². The zero-order valence-electron chi connectivity index (χ0n) is 13.5. The van der Waals surface area contributed by atoms with Crippen LogP contribution in [0.3, 0.4) is 0 Å². The minimum Gasteiger partial charge on any atom is -0.319 e. The number of carbonyl (C=O) groups is 1. The Morgan fingerprint density at radius 1 is 1.28 bits per heavy atom. The van der Waals surface area contributed by atoms with Crippen molar-refractivity contribution in [3.05, 3.63) is 48.9 Å². The molecule has 0 atom stereocenters. The number of anilines is 1. The number of nitrogens with one attached hydrogen (secondary N) is 2. The second-order valence-electron chi connectivity index (χ2n) is 5.89. The monoisotopic (exact) mass is 338 g/mol. The van der Waals surface area contributed by atoms with Gasteiger partial charge in [-0.1, -0.05) is 5.21 Å². The van der Waals surface area contributed by atoms with Gasteiger partial charge in [0.2, 0.25) is 0 Å². The van der Waals surface area contributed by atoms with E-state index >= 15 is 0 Å². The summed E-state index contributed by atoms with van der Waals surface area (Å²) in [4.78, 5) is 20.6. The fraction of sp³-hybridized carbons (Fsp3) is 0.312. The lowest BCUT2D eigenvalue weighted by Gasteiger charge is -2.22. The summed E-state index contributed by atoms with van der Waals surface area (Å²) in [6, 6.07) is 3.90. The Balaban J connectivity index is 1.42. The van der Waals surface area contributed by atoms with Crippen molar-refractivity contribution in [2.75, 3.05) is 18.4 Å². The lowest BCUT2D eigenvalue weighted by atomic mass is 10.1. The van der Waals surface area contributed by atoms with E-state index in [1.54, 1.807) is 46.4 Å². The van der Waals surface area contributed by atoms with Crippen molar-refractivity contribution < 1.29 is 4.79 Å². The maximum atomic E-state index is 12.3. The molecular weight excluding hydrogens is 320 g/mol. The van der Waals surface area contributed by atoms with Gasteiger partial charge in [-0.05, 0) is 38.1 Å². The van der Waals surface area contributed by atoms with E-state index in [2.05, 4.69) is 30.9 Å². The number of hydrogen-bond acceptors (Lipinski definition) is 6. The van der Waals surface area contributed by atoms with Crippen LogP contribution in [0.5, 0.6) is 0 Å². The summed E-state index contributed by atoms with van der Waals surface area (Å²) in [5.41, 5.74) is 0.905. The molecule has 9 nitrogen and oxygen atoms in total. The smallest absolute Gasteiger partial charge is 0.277 e. The largest absolute Gasteiger partial charge is 0.319 e. The van der Waals surface area contributed by atoms with Gasteiger partial charge in [0.05, 0.1) is 24.1 Å². The molecule has 1 fully saturated rings. The number of hydrogen-bond donors (Lipinski definition) is 2. The van der Waals surface area contributed by atoms with Gasteiger partial charge in [0.1, 0.15) is 12.1 Å². The van der Waals surface area contributed by atoms with E-state index in [1.807, 2.05) is 6.07 Å². The zero-order valence-corrected chi connectivity index (χ0v) is 13.5. The normalized spacial score (nSPS) is 15.2. The second kappa shape index (κ2) is 6.81. The Morgan fingerprint density at radius 2 is 2.16 bits per heavy atom. The molecule has 3 aromatic rings. The molecule has 0 spiro atoms. The van der Waals surface area contributed by atoms with Crippen molar-refractivity contribution >= 4 is 11.6 Å². The fourth-order valence-corrected chi connectivity index (χ4v) is 2.83. The molecule has 0 bridgehead atoms. The van der Waals surface area contributed by atoms with E-state index in [-0.39, 0.29) is 5.91 Å². The number of aromatic nitrogens is 6. The van der Waals surface area contributed by atoms with E-state index in [0.29, 0.717) is 17.4 Å². The van der Waals surface area contributed by atoms with E-state index in [0.717, 1.165) is 31.7 Å². The first-order valence-corrected chi connectivity index (χ1v) is 8.18. The summed E-state index contributed by atoms with van der Waals surface area (Å²) in [5, 5.41) is 14.2. The summed E-state index contributed by atoms with van der Waals surface area (Å²) < 4.78 is 3.58. The summed E-state index contributed by atoms with van der Waals surface area (Å²) in [7, 11) is 0. The lowest BCUT2D eigenvalue weighted by Crippen LogP contribution is -2.29. The van der Waals surface area contributed by atoms with Gasteiger partial charge in [0.25, 0.3) is 5.91 Å². The molecule has 0 aromatic carbocycles. The average molecular weight is 338 g/mol. The SMILES string of the molecule is O=C(Nc1ccc(-n2ccnc2)nc1)c1cn(C2CCNCC2)nn1. The maximum absolute atomic E-state index is 12.3. The van der Waals surface area contributed by atoms with Crippen molar-refractivity contribution in [1.82, 2.24) is 34.8 Å². The van der Waals surface area contributed by atoms with Gasteiger partial charge in [-0.15, -0.1) is 5.10 Å². The van der Waals surface area contributed by atoms with Crippen molar-refractivity contribution in [3.63, 3.8) is 0 Å². The second-order valence-corrected chi connectivity index (χ2v) is 5.89. The van der Waals surface area contributed by atoms with Crippen LogP contribution in [0.15, 0.2) is 43.2 Å². The number of imidazole rings is 1. The molecule has 0 saturated carbocycles. The highest BCUT2D eigenvalue weighted by Crippen LogP contribution is 2.17. The third-order valence-corrected chi connectivity index (χ3v) is 4.20. The van der Waals surface area contributed by atoms with E-state index in [9.17, 15) is 4.79 Å². The summed E-state index contributed by atoms with van der Waals surface area (Å²) >= 11 is 0. The first-order chi connectivity index (χ1) is 12.3. The Bertz CT molecular complexity index is 833. The Hall–Kier alpha value is -3.07. The van der Waals surface area contributed by atoms with Crippen molar-refractivity contribution in [2.24, 2.45) is 0 Å². The topological polar surface area (TPSA) is 103 Å². The molecule has 9 heteroatoms. The molecule has 25 heavy (non-hydrogen) atoms. The molecule has 1 amide bonds. The lowest BCUT2D eigenvalue weighted by molar-refractivity contribution is 0.102. The minimum absolute atomic E-state index is 0.294. The van der Waals surface area contributed by atoms with Gasteiger partial charge in [0.15, 0.2) is 5.69 Å². The van der Waals surface area contributed by atoms with Gasteiger partial charge in [0, 0.05) is 12.4 Å². The molecule has 0 unspecified atom stereocenters. The summed E-state index contributed by atoms with van der Waals surface area (Å²) in [6.07, 6.45) is 10.4. The van der Waals surface area contributed by atoms with Crippen LogP contribution >= 0.6 is 0 Å². The van der Waals surface area contributed by atoms with Crippen LogP contribution in [0.2, 0.25) is 0 Å². The van der Waals surface area contributed by atoms with E-state index in [4.69, 9.17) is 0 Å². The van der Waals surface area contributed by atoms with E-state index in [1.165, 1.54) is 0 Å². The first-order valence-electron chi connectivity index (χ1n) is 8.18. The standard InChI is InChI=1S/C16H18N8O/c25-16(14-10-24(22-21-14)13-3-5-17-6-4-13)20-12-1-2-15(19-9-12)23-8-7-18-11-23/h1-2,7-11,13,17H,3-6H2,(H,20,25). The predicted molar refractivity (Wildman–Crippen MR) is 90.5 cm³/mol. The first kappa shape index (κ1) is 15.5. The molecule has 1 saturated heterocycles. The zero-order chi connectivity index (χ0) is 17.1. The molecule has 1 aliphatic heterocycles. The molecule has 1 aliphatic rings. The maximum Gasteiger partial charge on any atom is 0.277 e. The summed E-state index contributed by atoms with van der Waals surface area (Å²) in [6.45, 7) is 1.92. The molecule has 128 valence electrons. The number of rotatable bonds is 4. The van der Waals surface area contributed by atoms with Crippen LogP contribution in [0.4, 0.5) is 5.69 Å². The molecule has 4 rings (SSSR count). The number of piperidine rings is 1. The highest BCUT2D eigenvalue weighted by Gasteiger charge is 2.18. The van der Waals surface area contributed by atoms with Gasteiger partial charge in [-0.2, -0.15) is 0 Å². The van der Waals surface area contributed by atoms with Crippen LogP contribution in [0.1, 0.15) is 29.4 Å². The van der Waals surface area contributed by atoms with Crippen molar-refractivity contribution in [1.29, 1.82) is 0 Å². The molecule has 3 aromatic heterocycles. The van der Waals surface area contributed by atoms with Gasteiger partial charge in [-0.25, -0.2) is 14.6 Å². The molecule has 4 heterocycles. The third kappa shape index (κ3) is 3.41. The highest BCUT2D eigenvalue weighted by atomic mass is 16.2. The van der Waals surface area contributed by atoms with Crippen molar-refractivity contribution in [2.45, 2.75) is 18.9 Å². The number of amides is 1. The van der Waals surface area contributed by atoms with Crippen molar-refractivity contribution in [3.8, 4) is 5.82 Å². The number of carbonyl (C=O) groups excluding carboxylic acids is 1. The van der Waals surface area contributed by atoms with Gasteiger partial charge in [-0.3, -0.25) is 9.36 Å². The van der Waals surface area contributed by atoms with Crippen LogP contribution in [0.25, 0.3) is 5.82 Å². The Labute approximate surface area is 144 Å². The van der Waals surface area contributed by atoms with Crippen LogP contribution in [-0.4, -0.2) is 48.5 Å². The third-order valence-electron chi connectivity index (χ3n) is 4.20. The molecule has 2 N–H and O–H groups in total. The van der Waals surface area contributed by atoms with Gasteiger partial charge < -0.3 is 10.6 Å². The quantitative estimate of drug-likeness (QED) is 0.737.